The molecule has 1 aromatic heterocycles. The molecule has 0 aliphatic rings. The second kappa shape index (κ2) is 8.07. The molecule has 152 valence electrons. The molecule has 1 amide bonds. The Kier molecular flexibility index (Phi) is 5.73. The van der Waals surface area contributed by atoms with Crippen LogP contribution in [0.4, 0.5) is 0 Å². The van der Waals surface area contributed by atoms with Gasteiger partial charge in [0.1, 0.15) is 5.69 Å². The molecular weight excluding hydrogens is 366 g/mol. The molecule has 0 fully saturated rings. The molecule has 0 aliphatic heterocycles. The maximum Gasteiger partial charge on any atom is 0.308 e. The van der Waals surface area contributed by atoms with Crippen LogP contribution in [0, 0.1) is 5.92 Å². The SMILES string of the molecule is Cn1nc(C(C)(C)C)cc1C(=O)NCC(Cc1ccc2ccccc2c1)C(=O)O. The van der Waals surface area contributed by atoms with Crippen molar-refractivity contribution in [3.8, 4) is 0 Å². The van der Waals surface area contributed by atoms with Crippen molar-refractivity contribution in [1.29, 1.82) is 0 Å². The zero-order valence-electron chi connectivity index (χ0n) is 17.3. The number of amides is 1. The van der Waals surface area contributed by atoms with Gasteiger partial charge in [0.25, 0.3) is 5.91 Å². The molecule has 2 N–H and O–H groups in total. The highest BCUT2D eigenvalue weighted by atomic mass is 16.4. The average molecular weight is 393 g/mol. The lowest BCUT2D eigenvalue weighted by atomic mass is 9.92. The lowest BCUT2D eigenvalue weighted by Crippen LogP contribution is -2.35. The maximum absolute atomic E-state index is 12.6. The van der Waals surface area contributed by atoms with E-state index in [1.54, 1.807) is 13.1 Å². The van der Waals surface area contributed by atoms with E-state index in [0.29, 0.717) is 12.1 Å². The zero-order valence-corrected chi connectivity index (χ0v) is 17.3. The predicted octanol–water partition coefficient (Wildman–Crippen LogP) is 3.54. The Bertz CT molecular complexity index is 1050. The first-order valence-electron chi connectivity index (χ1n) is 9.68. The highest BCUT2D eigenvalue weighted by molar-refractivity contribution is 5.93. The number of hydrogen-bond acceptors (Lipinski definition) is 3. The van der Waals surface area contributed by atoms with E-state index >= 15 is 0 Å². The van der Waals surface area contributed by atoms with Gasteiger partial charge in [0.15, 0.2) is 0 Å². The summed E-state index contributed by atoms with van der Waals surface area (Å²) >= 11 is 0. The van der Waals surface area contributed by atoms with Gasteiger partial charge in [0.2, 0.25) is 0 Å². The molecule has 3 aromatic rings. The van der Waals surface area contributed by atoms with E-state index in [2.05, 4.69) is 10.4 Å². The number of hydrogen-bond donors (Lipinski definition) is 2. The van der Waals surface area contributed by atoms with E-state index < -0.39 is 11.9 Å². The van der Waals surface area contributed by atoms with Crippen LogP contribution < -0.4 is 5.32 Å². The number of nitrogens with zero attached hydrogens (tertiary/aromatic N) is 2. The fourth-order valence-corrected chi connectivity index (χ4v) is 3.25. The molecule has 6 nitrogen and oxygen atoms in total. The number of rotatable bonds is 6. The van der Waals surface area contributed by atoms with Crippen LogP contribution in [0.15, 0.2) is 48.5 Å². The van der Waals surface area contributed by atoms with Crippen molar-refractivity contribution >= 4 is 22.6 Å². The van der Waals surface area contributed by atoms with E-state index in [9.17, 15) is 14.7 Å². The van der Waals surface area contributed by atoms with Crippen molar-refractivity contribution in [1.82, 2.24) is 15.1 Å². The molecule has 0 spiro atoms. The summed E-state index contributed by atoms with van der Waals surface area (Å²) in [4.78, 5) is 24.3. The topological polar surface area (TPSA) is 84.2 Å². The second-order valence-electron chi connectivity index (χ2n) is 8.42. The number of aryl methyl sites for hydroxylation is 1. The third-order valence-corrected chi connectivity index (χ3v) is 5.04. The van der Waals surface area contributed by atoms with Gasteiger partial charge in [-0.15, -0.1) is 0 Å². The quantitative estimate of drug-likeness (QED) is 0.671. The van der Waals surface area contributed by atoms with Crippen LogP contribution in [-0.2, 0) is 23.7 Å². The molecular formula is C23H27N3O3. The van der Waals surface area contributed by atoms with E-state index in [0.717, 1.165) is 22.0 Å². The Balaban J connectivity index is 1.70. The normalized spacial score (nSPS) is 12.7. The standard InChI is InChI=1S/C23H27N3O3/c1-23(2,3)20-13-19(26(4)25-20)21(27)24-14-18(22(28)29)12-15-9-10-16-7-5-6-8-17(16)11-15/h5-11,13,18H,12,14H2,1-4H3,(H,24,27)(H,28,29). The molecule has 1 unspecified atom stereocenters. The summed E-state index contributed by atoms with van der Waals surface area (Å²) in [5.74, 6) is -1.96. The van der Waals surface area contributed by atoms with Gasteiger partial charge < -0.3 is 10.4 Å². The predicted molar refractivity (Wildman–Crippen MR) is 113 cm³/mol. The molecule has 29 heavy (non-hydrogen) atoms. The Labute approximate surface area is 170 Å². The Morgan fingerprint density at radius 2 is 1.79 bits per heavy atom. The van der Waals surface area contributed by atoms with Crippen LogP contribution in [-0.4, -0.2) is 33.3 Å². The Morgan fingerprint density at radius 3 is 2.41 bits per heavy atom. The molecule has 6 heteroatoms. The van der Waals surface area contributed by atoms with Crippen molar-refractivity contribution in [2.45, 2.75) is 32.6 Å². The van der Waals surface area contributed by atoms with Gasteiger partial charge in [-0.05, 0) is 28.8 Å². The van der Waals surface area contributed by atoms with Crippen LogP contribution in [0.2, 0.25) is 0 Å². The fourth-order valence-electron chi connectivity index (χ4n) is 3.25. The molecule has 0 saturated heterocycles. The molecule has 3 rings (SSSR count). The van der Waals surface area contributed by atoms with E-state index in [-0.39, 0.29) is 17.9 Å². The van der Waals surface area contributed by atoms with Gasteiger partial charge in [-0.3, -0.25) is 14.3 Å². The lowest BCUT2D eigenvalue weighted by molar-refractivity contribution is -0.141. The van der Waals surface area contributed by atoms with Crippen LogP contribution in [0.3, 0.4) is 0 Å². The summed E-state index contributed by atoms with van der Waals surface area (Å²) in [6.45, 7) is 6.14. The summed E-state index contributed by atoms with van der Waals surface area (Å²) in [7, 11) is 1.72. The number of carboxylic acids is 1. The average Bonchev–Trinajstić information content (AvgIpc) is 3.06. The third-order valence-electron chi connectivity index (χ3n) is 5.04. The van der Waals surface area contributed by atoms with Gasteiger partial charge in [0, 0.05) is 19.0 Å². The number of benzene rings is 2. The maximum atomic E-state index is 12.6. The minimum Gasteiger partial charge on any atom is -0.481 e. The largest absolute Gasteiger partial charge is 0.481 e. The molecule has 1 atom stereocenters. The molecule has 0 bridgehead atoms. The van der Waals surface area contributed by atoms with Crippen LogP contribution >= 0.6 is 0 Å². The highest BCUT2D eigenvalue weighted by Crippen LogP contribution is 2.21. The van der Waals surface area contributed by atoms with Crippen molar-refractivity contribution in [3.05, 3.63) is 65.5 Å². The fraction of sp³-hybridized carbons (Fsp3) is 0.348. The Hall–Kier alpha value is -3.15. The van der Waals surface area contributed by atoms with Crippen LogP contribution in [0.5, 0.6) is 0 Å². The smallest absolute Gasteiger partial charge is 0.308 e. The van der Waals surface area contributed by atoms with Gasteiger partial charge in [0.05, 0.1) is 11.6 Å². The van der Waals surface area contributed by atoms with Gasteiger partial charge in [-0.2, -0.15) is 5.10 Å². The first kappa shape index (κ1) is 20.6. The zero-order chi connectivity index (χ0) is 21.2. The van der Waals surface area contributed by atoms with Crippen LogP contribution in [0.25, 0.3) is 10.8 Å². The van der Waals surface area contributed by atoms with Gasteiger partial charge in [-0.25, -0.2) is 0 Å². The van der Waals surface area contributed by atoms with Crippen molar-refractivity contribution in [3.63, 3.8) is 0 Å². The summed E-state index contributed by atoms with van der Waals surface area (Å²) in [6, 6.07) is 15.7. The summed E-state index contributed by atoms with van der Waals surface area (Å²) in [5, 5.41) is 19.0. The van der Waals surface area contributed by atoms with Crippen molar-refractivity contribution in [2.24, 2.45) is 13.0 Å². The molecule has 0 radical (unpaired) electrons. The number of nitrogens with one attached hydrogen (secondary N) is 1. The molecule has 2 aromatic carbocycles. The van der Waals surface area contributed by atoms with Gasteiger partial charge in [-0.1, -0.05) is 63.2 Å². The molecule has 1 heterocycles. The van der Waals surface area contributed by atoms with Crippen molar-refractivity contribution < 1.29 is 14.7 Å². The summed E-state index contributed by atoms with van der Waals surface area (Å²) in [5.41, 5.74) is 2.00. The summed E-state index contributed by atoms with van der Waals surface area (Å²) in [6.07, 6.45) is 0.346. The van der Waals surface area contributed by atoms with E-state index in [1.807, 2.05) is 63.2 Å². The highest BCUT2D eigenvalue weighted by Gasteiger charge is 2.24. The van der Waals surface area contributed by atoms with Crippen LogP contribution in [0.1, 0.15) is 42.5 Å². The summed E-state index contributed by atoms with van der Waals surface area (Å²) < 4.78 is 1.54. The van der Waals surface area contributed by atoms with E-state index in [4.69, 9.17) is 0 Å². The van der Waals surface area contributed by atoms with Crippen molar-refractivity contribution in [2.75, 3.05) is 6.54 Å². The number of carboxylic acid groups (broad SMARTS) is 1. The number of carbonyl (C=O) groups is 2. The Morgan fingerprint density at radius 1 is 1.10 bits per heavy atom. The monoisotopic (exact) mass is 393 g/mol. The molecule has 0 saturated carbocycles. The lowest BCUT2D eigenvalue weighted by Gasteiger charge is -2.14. The first-order chi connectivity index (χ1) is 13.6. The number of aliphatic carboxylic acids is 1. The minimum absolute atomic E-state index is 0.0526. The third kappa shape index (κ3) is 4.83. The number of fused-ring (bicyclic) bond motifs is 1. The van der Waals surface area contributed by atoms with E-state index in [1.165, 1.54) is 4.68 Å². The first-order valence-corrected chi connectivity index (χ1v) is 9.68. The number of carbonyl (C=O) groups excluding carboxylic acids is 1. The molecule has 0 aliphatic carbocycles. The second-order valence-corrected chi connectivity index (χ2v) is 8.42. The van der Waals surface area contributed by atoms with Gasteiger partial charge >= 0.3 is 5.97 Å². The minimum atomic E-state index is -0.932. The number of aromatic nitrogens is 2.